The number of anilines is 9. The highest BCUT2D eigenvalue weighted by Crippen LogP contribution is 2.56. The van der Waals surface area contributed by atoms with Gasteiger partial charge in [0, 0.05) is 59.3 Å². The highest BCUT2D eigenvalue weighted by Gasteiger charge is 2.47. The number of hydrogen-bond acceptors (Lipinski definition) is 4. The Balaban J connectivity index is 1.15. The number of para-hydroxylation sites is 3. The molecule has 0 N–H and O–H groups in total. The molecule has 3 aliphatic rings. The van der Waals surface area contributed by atoms with Crippen molar-refractivity contribution in [1.82, 2.24) is 9.13 Å². The summed E-state index contributed by atoms with van der Waals surface area (Å²) < 4.78 is 6.22. The van der Waals surface area contributed by atoms with Gasteiger partial charge in [-0.2, -0.15) is 0 Å². The summed E-state index contributed by atoms with van der Waals surface area (Å²) in [5.74, 6) is 2.81. The largest absolute Gasteiger partial charge is 0.310 e. The molecule has 0 unspecified atom stereocenters. The molecule has 10 aromatic carbocycles. The van der Waals surface area contributed by atoms with Crippen LogP contribution in [0.3, 0.4) is 0 Å². The quantitative estimate of drug-likeness (QED) is 0.0859. The Morgan fingerprint density at radius 2 is 1.10 bits per heavy atom. The van der Waals surface area contributed by atoms with Crippen molar-refractivity contribution in [2.45, 2.75) is 82.1 Å². The molecule has 13 aromatic rings. The van der Waals surface area contributed by atoms with E-state index in [0.29, 0.717) is 0 Å². The van der Waals surface area contributed by atoms with Gasteiger partial charge in [0.15, 0.2) is 0 Å². The Kier molecular flexibility index (Phi) is 12.6. The molecule has 0 spiro atoms. The number of nitrogens with zero attached hydrogens (tertiary/aromatic N) is 5. The van der Waals surface area contributed by atoms with E-state index in [1.165, 1.54) is 154 Å². The third-order valence-corrected chi connectivity index (χ3v) is 20.5. The van der Waals surface area contributed by atoms with E-state index in [4.69, 9.17) is 6.42 Å². The lowest BCUT2D eigenvalue weighted by Crippen LogP contribution is -2.61. The van der Waals surface area contributed by atoms with Gasteiger partial charge in [0.2, 0.25) is 0 Å². The second kappa shape index (κ2) is 20.6. The van der Waals surface area contributed by atoms with Crippen LogP contribution in [0.2, 0.25) is 0 Å². The summed E-state index contributed by atoms with van der Waals surface area (Å²) in [6.07, 6.45) is 19.0. The number of aryl methyl sites for hydroxylation is 10. The Morgan fingerprint density at radius 3 is 1.71 bits per heavy atom. The fourth-order valence-corrected chi connectivity index (χ4v) is 17.6. The number of rotatable bonds is 8. The molecule has 430 valence electrons. The van der Waals surface area contributed by atoms with E-state index < -0.39 is 0 Å². The van der Waals surface area contributed by atoms with Crippen molar-refractivity contribution in [3.05, 3.63) is 255 Å². The minimum atomic E-state index is -0.213. The van der Waals surface area contributed by atoms with Gasteiger partial charge in [-0.05, 0) is 210 Å². The smallest absolute Gasteiger partial charge is 0.252 e. The Bertz CT molecular complexity index is 5290. The van der Waals surface area contributed by atoms with Gasteiger partial charge in [-0.25, -0.2) is 0 Å². The number of aromatic nitrogens is 2. The summed E-state index contributed by atoms with van der Waals surface area (Å²) in [5.41, 5.74) is 33.5. The zero-order valence-corrected chi connectivity index (χ0v) is 53.1. The first-order valence-electron chi connectivity index (χ1n) is 31.3. The topological polar surface area (TPSA) is 19.6 Å². The van der Waals surface area contributed by atoms with Crippen molar-refractivity contribution in [2.75, 3.05) is 14.7 Å². The molecule has 0 atom stereocenters. The van der Waals surface area contributed by atoms with Crippen molar-refractivity contribution in [1.29, 1.82) is 0 Å². The molecule has 16 rings (SSSR count). The second-order valence-corrected chi connectivity index (χ2v) is 26.3. The van der Waals surface area contributed by atoms with Crippen LogP contribution in [-0.2, 0) is 6.42 Å². The summed E-state index contributed by atoms with van der Waals surface area (Å²) in [6, 6.07) is 65.3. The minimum Gasteiger partial charge on any atom is -0.310 e. The standard InChI is InChI=1S/C82H68BN5S/c1-12-14-25-57(13-2)84-65-31-21-18-28-60(65)75-68(84)38-36-63-81(75)87(79-53(8)42-49(4)43-54(79)9)70-46-59(86(78-51(6)40-48(3)41-52(78)7)67-33-24-35-73-74(67)62-30-20-23-34-72(62)89-73)47-71-77(70)83(63)64-37-39-69-76(82(64)88(71)80-55(10)44-50(5)45-56(80)11)61-29-19-22-32-66(61)85(69)58-26-16-15-17-27-58/h1,13-22,24-33,35-47H,23,34H2,2-11H3/b25-14-,57-13+. The van der Waals surface area contributed by atoms with Crippen LogP contribution in [0.5, 0.6) is 0 Å². The summed E-state index contributed by atoms with van der Waals surface area (Å²) in [5, 5.41) is 6.12. The maximum atomic E-state index is 6.01. The van der Waals surface area contributed by atoms with Crippen molar-refractivity contribution >= 4 is 151 Å². The van der Waals surface area contributed by atoms with Crippen LogP contribution in [0, 0.1) is 74.7 Å². The van der Waals surface area contributed by atoms with Gasteiger partial charge in [0.05, 0.1) is 61.9 Å². The molecule has 0 amide bonds. The van der Waals surface area contributed by atoms with Crippen LogP contribution in [0.1, 0.15) is 73.9 Å². The molecule has 0 bridgehead atoms. The lowest BCUT2D eigenvalue weighted by molar-refractivity contribution is 1.02. The predicted octanol–water partition coefficient (Wildman–Crippen LogP) is 20.4. The van der Waals surface area contributed by atoms with E-state index in [2.05, 4.69) is 293 Å². The van der Waals surface area contributed by atoms with Crippen LogP contribution < -0.4 is 31.1 Å². The number of terminal acetylenes is 1. The Morgan fingerprint density at radius 1 is 0.551 bits per heavy atom. The average molecular weight is 1170 g/mol. The first-order chi connectivity index (χ1) is 43.3. The molecule has 2 aliphatic heterocycles. The van der Waals surface area contributed by atoms with Crippen LogP contribution in [-0.4, -0.2) is 15.8 Å². The van der Waals surface area contributed by atoms with Crippen molar-refractivity contribution < 1.29 is 0 Å². The van der Waals surface area contributed by atoms with Gasteiger partial charge >= 0.3 is 0 Å². The number of hydrogen-bond donors (Lipinski definition) is 0. The first kappa shape index (κ1) is 54.4. The monoisotopic (exact) mass is 1170 g/mol. The maximum absolute atomic E-state index is 6.01. The molecule has 89 heavy (non-hydrogen) atoms. The lowest BCUT2D eigenvalue weighted by Gasteiger charge is -2.46. The zero-order valence-electron chi connectivity index (χ0n) is 52.3. The normalized spacial score (nSPS) is 13.5. The van der Waals surface area contributed by atoms with E-state index in [0.717, 1.165) is 52.3 Å². The van der Waals surface area contributed by atoms with E-state index in [-0.39, 0.29) is 6.71 Å². The highest BCUT2D eigenvalue weighted by molar-refractivity contribution is 7.19. The number of thiophene rings is 1. The molecule has 0 saturated carbocycles. The number of fused-ring (bicyclic) bond motifs is 15. The van der Waals surface area contributed by atoms with Crippen LogP contribution in [0.4, 0.5) is 51.2 Å². The van der Waals surface area contributed by atoms with Gasteiger partial charge in [0.1, 0.15) is 0 Å². The molecule has 3 aromatic heterocycles. The van der Waals surface area contributed by atoms with Crippen molar-refractivity contribution in [3.8, 4) is 18.0 Å². The summed E-state index contributed by atoms with van der Waals surface area (Å²) in [6.45, 7) is 22.5. The predicted molar refractivity (Wildman–Crippen MR) is 386 cm³/mol. The number of benzene rings is 10. The molecule has 0 radical (unpaired) electrons. The van der Waals surface area contributed by atoms with Crippen LogP contribution in [0.25, 0.3) is 71.2 Å². The minimum absolute atomic E-state index is 0.213. The third-order valence-electron chi connectivity index (χ3n) is 19.3. The van der Waals surface area contributed by atoms with Crippen LogP contribution in [0.15, 0.2) is 194 Å². The first-order valence-corrected chi connectivity index (χ1v) is 32.1. The number of allylic oxidation sites excluding steroid dienone is 5. The van der Waals surface area contributed by atoms with Crippen molar-refractivity contribution in [3.63, 3.8) is 0 Å². The molecule has 5 nitrogen and oxygen atoms in total. The van der Waals surface area contributed by atoms with Gasteiger partial charge < -0.3 is 23.8 Å². The van der Waals surface area contributed by atoms with Gasteiger partial charge in [-0.3, -0.25) is 0 Å². The maximum Gasteiger partial charge on any atom is 0.252 e. The van der Waals surface area contributed by atoms with Gasteiger partial charge in [-0.15, -0.1) is 17.8 Å². The zero-order chi connectivity index (χ0) is 60.8. The fraction of sp³-hybridized carbons (Fsp3) is 0.146. The summed E-state index contributed by atoms with van der Waals surface area (Å²) >= 11 is 1.96. The summed E-state index contributed by atoms with van der Waals surface area (Å²) in [4.78, 5) is 9.55. The van der Waals surface area contributed by atoms with Gasteiger partial charge in [-0.1, -0.05) is 150 Å². The highest BCUT2D eigenvalue weighted by atomic mass is 32.1. The molecule has 1 aliphatic carbocycles. The molecule has 5 heterocycles. The molecule has 7 heteroatoms. The van der Waals surface area contributed by atoms with Crippen molar-refractivity contribution in [2.24, 2.45) is 0 Å². The average Bonchev–Trinajstić information content (AvgIpc) is 1.66. The van der Waals surface area contributed by atoms with E-state index >= 15 is 0 Å². The Labute approximate surface area is 526 Å². The van der Waals surface area contributed by atoms with E-state index in [9.17, 15) is 0 Å². The Hall–Kier alpha value is -10.00. The van der Waals surface area contributed by atoms with E-state index in [1.807, 2.05) is 17.4 Å². The van der Waals surface area contributed by atoms with E-state index in [1.54, 1.807) is 0 Å². The SMILES string of the molecule is C#C/C=C\C(=C/C)n1c2ccccc2c2c3c(ccc21)B1c2ccc4c(c2N(c2c(C)cc(C)cc2C)c2cc(N(c5c(C)cc(C)cc5C)c5cccc6sc7c(c56)C=CCC7)cc(c21)N3c1c(C)cc(C)cc1C)c1ccccc1n4-c1ccccc1. The molecule has 0 saturated heterocycles. The second-order valence-electron chi connectivity index (χ2n) is 25.2. The van der Waals surface area contributed by atoms with Gasteiger partial charge in [0.25, 0.3) is 6.71 Å². The molecule has 0 fully saturated rings. The van der Waals surface area contributed by atoms with Crippen LogP contribution >= 0.6 is 11.3 Å². The third kappa shape index (κ3) is 8.02. The lowest BCUT2D eigenvalue weighted by atomic mass is 9.33. The molecular formula is C82H68BN5S. The fourth-order valence-electron chi connectivity index (χ4n) is 16.3. The molecular weight excluding hydrogens is 1100 g/mol. The summed E-state index contributed by atoms with van der Waals surface area (Å²) in [7, 11) is 0.